The van der Waals surface area contributed by atoms with E-state index in [1.54, 1.807) is 0 Å². The van der Waals surface area contributed by atoms with Crippen LogP contribution in [0.4, 0.5) is 4.79 Å². The van der Waals surface area contributed by atoms with Crippen molar-refractivity contribution in [2.75, 3.05) is 0 Å². The Morgan fingerprint density at radius 3 is 2.63 bits per heavy atom. The number of benzene rings is 1. The SMILES string of the molecule is CC(C)(C)c1cccc2c1CC(C=O)N(C(=O)O)C2. The van der Waals surface area contributed by atoms with Crippen LogP contribution in [-0.4, -0.2) is 28.4 Å². The lowest BCUT2D eigenvalue weighted by atomic mass is 9.79. The molecule has 0 saturated heterocycles. The summed E-state index contributed by atoms with van der Waals surface area (Å²) in [5, 5.41) is 9.16. The molecule has 2 rings (SSSR count). The fourth-order valence-electron chi connectivity index (χ4n) is 2.68. The van der Waals surface area contributed by atoms with Gasteiger partial charge < -0.3 is 9.90 Å². The molecule has 0 spiro atoms. The van der Waals surface area contributed by atoms with Crippen LogP contribution in [0, 0.1) is 0 Å². The fraction of sp³-hybridized carbons (Fsp3) is 0.467. The van der Waals surface area contributed by atoms with Crippen molar-refractivity contribution < 1.29 is 14.7 Å². The molecule has 0 radical (unpaired) electrons. The zero-order chi connectivity index (χ0) is 14.2. The minimum atomic E-state index is -1.04. The Balaban J connectivity index is 2.49. The van der Waals surface area contributed by atoms with Gasteiger partial charge >= 0.3 is 6.09 Å². The maximum Gasteiger partial charge on any atom is 0.408 e. The topological polar surface area (TPSA) is 57.6 Å². The summed E-state index contributed by atoms with van der Waals surface area (Å²) in [7, 11) is 0. The first-order chi connectivity index (χ1) is 8.84. The molecule has 19 heavy (non-hydrogen) atoms. The Kier molecular flexibility index (Phi) is 3.35. The molecule has 102 valence electrons. The smallest absolute Gasteiger partial charge is 0.408 e. The summed E-state index contributed by atoms with van der Waals surface area (Å²) in [6, 6.07) is 5.40. The first-order valence-corrected chi connectivity index (χ1v) is 6.40. The van der Waals surface area contributed by atoms with Crippen molar-refractivity contribution in [3.05, 3.63) is 34.9 Å². The Morgan fingerprint density at radius 2 is 2.11 bits per heavy atom. The quantitative estimate of drug-likeness (QED) is 0.790. The number of carboxylic acid groups (broad SMARTS) is 1. The van der Waals surface area contributed by atoms with Gasteiger partial charge in [0.1, 0.15) is 6.29 Å². The maximum atomic E-state index is 11.2. The molecule has 1 atom stereocenters. The van der Waals surface area contributed by atoms with E-state index in [9.17, 15) is 9.59 Å². The molecular weight excluding hydrogens is 242 g/mol. The monoisotopic (exact) mass is 261 g/mol. The van der Waals surface area contributed by atoms with Crippen LogP contribution in [0.1, 0.15) is 37.5 Å². The van der Waals surface area contributed by atoms with E-state index in [1.807, 2.05) is 12.1 Å². The second-order valence-corrected chi connectivity index (χ2v) is 6.01. The van der Waals surface area contributed by atoms with E-state index in [-0.39, 0.29) is 12.0 Å². The number of amides is 1. The summed E-state index contributed by atoms with van der Waals surface area (Å²) < 4.78 is 0. The van der Waals surface area contributed by atoms with E-state index in [2.05, 4.69) is 26.8 Å². The van der Waals surface area contributed by atoms with Gasteiger partial charge in [0.15, 0.2) is 0 Å². The molecule has 0 aromatic heterocycles. The van der Waals surface area contributed by atoms with Gasteiger partial charge in [0.05, 0.1) is 12.6 Å². The molecule has 4 heteroatoms. The number of carbonyl (C=O) groups excluding carboxylic acids is 1. The number of aldehydes is 1. The van der Waals surface area contributed by atoms with Gasteiger partial charge in [-0.1, -0.05) is 39.0 Å². The van der Waals surface area contributed by atoms with Crippen molar-refractivity contribution in [3.8, 4) is 0 Å². The van der Waals surface area contributed by atoms with Crippen LogP contribution >= 0.6 is 0 Å². The van der Waals surface area contributed by atoms with E-state index in [1.165, 1.54) is 10.5 Å². The van der Waals surface area contributed by atoms with E-state index < -0.39 is 12.1 Å². The number of fused-ring (bicyclic) bond motifs is 1. The zero-order valence-electron chi connectivity index (χ0n) is 11.5. The van der Waals surface area contributed by atoms with Crippen molar-refractivity contribution >= 4 is 12.4 Å². The second-order valence-electron chi connectivity index (χ2n) is 6.01. The van der Waals surface area contributed by atoms with Gasteiger partial charge in [-0.05, 0) is 22.1 Å². The highest BCUT2D eigenvalue weighted by atomic mass is 16.4. The highest BCUT2D eigenvalue weighted by Gasteiger charge is 2.32. The molecule has 0 saturated carbocycles. The molecule has 1 unspecified atom stereocenters. The molecule has 0 aliphatic carbocycles. The molecule has 1 aliphatic heterocycles. The van der Waals surface area contributed by atoms with Crippen LogP contribution in [0.25, 0.3) is 0 Å². The molecule has 4 nitrogen and oxygen atoms in total. The summed E-state index contributed by atoms with van der Waals surface area (Å²) in [6.45, 7) is 6.67. The minimum absolute atomic E-state index is 0.00975. The lowest BCUT2D eigenvalue weighted by Crippen LogP contribution is -2.45. The summed E-state index contributed by atoms with van der Waals surface area (Å²) in [5.41, 5.74) is 3.32. The minimum Gasteiger partial charge on any atom is -0.465 e. The van der Waals surface area contributed by atoms with Crippen LogP contribution in [0.5, 0.6) is 0 Å². The number of hydrogen-bond donors (Lipinski definition) is 1. The van der Waals surface area contributed by atoms with E-state index in [4.69, 9.17) is 5.11 Å². The predicted octanol–water partition coefficient (Wildman–Crippen LogP) is 2.59. The highest BCUT2D eigenvalue weighted by molar-refractivity contribution is 5.73. The fourth-order valence-corrected chi connectivity index (χ4v) is 2.68. The van der Waals surface area contributed by atoms with Crippen molar-refractivity contribution in [2.45, 2.75) is 45.2 Å². The average molecular weight is 261 g/mol. The molecule has 1 N–H and O–H groups in total. The first-order valence-electron chi connectivity index (χ1n) is 6.40. The first kappa shape index (κ1) is 13.6. The Morgan fingerprint density at radius 1 is 1.42 bits per heavy atom. The third-order valence-electron chi connectivity index (χ3n) is 3.64. The lowest BCUT2D eigenvalue weighted by Gasteiger charge is -2.35. The summed E-state index contributed by atoms with van der Waals surface area (Å²) in [4.78, 5) is 23.5. The van der Waals surface area contributed by atoms with Crippen molar-refractivity contribution in [2.24, 2.45) is 0 Å². The molecule has 1 aromatic carbocycles. The normalized spacial score (nSPS) is 18.9. The van der Waals surface area contributed by atoms with Crippen molar-refractivity contribution in [3.63, 3.8) is 0 Å². The van der Waals surface area contributed by atoms with E-state index in [0.717, 1.165) is 17.4 Å². The van der Waals surface area contributed by atoms with Gasteiger partial charge in [-0.2, -0.15) is 0 Å². The van der Waals surface area contributed by atoms with Crippen molar-refractivity contribution in [1.29, 1.82) is 0 Å². The zero-order valence-corrected chi connectivity index (χ0v) is 11.5. The van der Waals surface area contributed by atoms with Crippen LogP contribution in [0.15, 0.2) is 18.2 Å². The largest absolute Gasteiger partial charge is 0.465 e. The third kappa shape index (κ3) is 2.48. The molecule has 0 fully saturated rings. The Labute approximate surface area is 113 Å². The Hall–Kier alpha value is -1.84. The summed E-state index contributed by atoms with van der Waals surface area (Å²) in [6.07, 6.45) is 0.165. The van der Waals surface area contributed by atoms with Crippen LogP contribution in [-0.2, 0) is 23.2 Å². The van der Waals surface area contributed by atoms with E-state index in [0.29, 0.717) is 6.42 Å². The molecule has 1 aromatic rings. The van der Waals surface area contributed by atoms with Gasteiger partial charge in [-0.15, -0.1) is 0 Å². The van der Waals surface area contributed by atoms with Gasteiger partial charge in [-0.25, -0.2) is 4.79 Å². The van der Waals surface area contributed by atoms with Crippen molar-refractivity contribution in [1.82, 2.24) is 4.90 Å². The maximum absolute atomic E-state index is 11.2. The summed E-state index contributed by atoms with van der Waals surface area (Å²) >= 11 is 0. The third-order valence-corrected chi connectivity index (χ3v) is 3.64. The highest BCUT2D eigenvalue weighted by Crippen LogP contribution is 2.32. The van der Waals surface area contributed by atoms with Crippen LogP contribution in [0.2, 0.25) is 0 Å². The molecule has 0 bridgehead atoms. The molecular formula is C15H19NO3. The second kappa shape index (κ2) is 4.68. The number of nitrogens with zero attached hydrogens (tertiary/aromatic N) is 1. The van der Waals surface area contributed by atoms with E-state index >= 15 is 0 Å². The molecule has 1 heterocycles. The number of rotatable bonds is 1. The number of carbonyl (C=O) groups is 2. The van der Waals surface area contributed by atoms with Gasteiger partial charge in [0.2, 0.25) is 0 Å². The van der Waals surface area contributed by atoms with Gasteiger partial charge in [0.25, 0.3) is 0 Å². The lowest BCUT2D eigenvalue weighted by molar-refractivity contribution is -0.112. The Bertz CT molecular complexity index is 517. The van der Waals surface area contributed by atoms with Gasteiger partial charge in [-0.3, -0.25) is 4.90 Å². The summed E-state index contributed by atoms with van der Waals surface area (Å²) in [5.74, 6) is 0. The molecule has 1 aliphatic rings. The molecule has 1 amide bonds. The standard InChI is InChI=1S/C15H19NO3/c1-15(2,3)13-6-4-5-10-8-16(14(18)19)11(9-17)7-12(10)13/h4-6,9,11H,7-8H2,1-3H3,(H,18,19). The van der Waals surface area contributed by atoms with Gasteiger partial charge in [0, 0.05) is 6.42 Å². The van der Waals surface area contributed by atoms with Crippen LogP contribution < -0.4 is 0 Å². The average Bonchev–Trinajstić information content (AvgIpc) is 2.35. The number of hydrogen-bond acceptors (Lipinski definition) is 2. The predicted molar refractivity (Wildman–Crippen MR) is 72.3 cm³/mol. The van der Waals surface area contributed by atoms with Crippen LogP contribution in [0.3, 0.4) is 0 Å².